The van der Waals surface area contributed by atoms with Crippen molar-refractivity contribution in [3.8, 4) is 0 Å². The number of nitrogens with one attached hydrogen (secondary N) is 1. The van der Waals surface area contributed by atoms with E-state index in [0.29, 0.717) is 22.4 Å². The zero-order chi connectivity index (χ0) is 15.4. The molecule has 0 aliphatic heterocycles. The van der Waals surface area contributed by atoms with Crippen LogP contribution < -0.4 is 5.32 Å². The molecule has 0 unspecified atom stereocenters. The first-order valence-corrected chi connectivity index (χ1v) is 7.26. The fourth-order valence-electron chi connectivity index (χ4n) is 1.90. The molecule has 2 aromatic rings. The van der Waals surface area contributed by atoms with Crippen LogP contribution in [0, 0.1) is 5.82 Å². The van der Waals surface area contributed by atoms with Gasteiger partial charge in [-0.05, 0) is 46.6 Å². The van der Waals surface area contributed by atoms with Gasteiger partial charge in [0.05, 0.1) is 11.3 Å². The molecule has 0 aliphatic carbocycles. The lowest BCUT2D eigenvalue weighted by Gasteiger charge is -2.11. The predicted molar refractivity (Wildman–Crippen MR) is 82.6 cm³/mol. The normalized spacial score (nSPS) is 10.4. The Morgan fingerprint density at radius 2 is 2.19 bits per heavy atom. The fraction of sp³-hybridized carbons (Fsp3) is 0.200. The summed E-state index contributed by atoms with van der Waals surface area (Å²) in [6.07, 6.45) is 1.51. The molecule has 1 heterocycles. The van der Waals surface area contributed by atoms with E-state index in [1.807, 2.05) is 6.92 Å². The topological polar surface area (TPSA) is 62.2 Å². The largest absolute Gasteiger partial charge is 0.478 e. The third kappa shape index (κ3) is 3.78. The molecule has 4 nitrogen and oxygen atoms in total. The number of carbonyl (C=O) groups is 1. The summed E-state index contributed by atoms with van der Waals surface area (Å²) in [4.78, 5) is 15.5. The second-order valence-corrected chi connectivity index (χ2v) is 5.36. The second kappa shape index (κ2) is 6.67. The van der Waals surface area contributed by atoms with Crippen LogP contribution in [0.15, 0.2) is 34.8 Å². The van der Waals surface area contributed by atoms with Crippen LogP contribution in [0.3, 0.4) is 0 Å². The molecule has 21 heavy (non-hydrogen) atoms. The van der Waals surface area contributed by atoms with Crippen LogP contribution in [0.2, 0.25) is 0 Å². The van der Waals surface area contributed by atoms with Crippen LogP contribution in [0.1, 0.15) is 29.4 Å². The molecule has 0 bridgehead atoms. The highest BCUT2D eigenvalue weighted by Crippen LogP contribution is 2.28. The van der Waals surface area contributed by atoms with Crippen molar-refractivity contribution in [1.29, 1.82) is 0 Å². The second-order valence-electron chi connectivity index (χ2n) is 4.51. The Hall–Kier alpha value is -1.95. The number of carboxylic acids is 1. The number of aryl methyl sites for hydroxylation is 1. The van der Waals surface area contributed by atoms with Gasteiger partial charge in [0.15, 0.2) is 0 Å². The summed E-state index contributed by atoms with van der Waals surface area (Å²) in [6, 6.07) is 7.52. The molecule has 0 fully saturated rings. The van der Waals surface area contributed by atoms with E-state index in [2.05, 4.69) is 26.2 Å². The first-order valence-electron chi connectivity index (χ1n) is 6.46. The van der Waals surface area contributed by atoms with Gasteiger partial charge in [-0.3, -0.25) is 0 Å². The van der Waals surface area contributed by atoms with Crippen molar-refractivity contribution in [2.24, 2.45) is 0 Å². The summed E-state index contributed by atoms with van der Waals surface area (Å²) in [5.41, 5.74) is 1.02. The molecular formula is C15H14BrFN2O2. The molecule has 2 N–H and O–H groups in total. The minimum Gasteiger partial charge on any atom is -0.478 e. The molecule has 0 atom stereocenters. The number of nitrogens with zero attached hydrogens (tertiary/aromatic N) is 1. The number of anilines is 2. The highest BCUT2D eigenvalue weighted by molar-refractivity contribution is 9.10. The van der Waals surface area contributed by atoms with E-state index in [0.717, 1.165) is 6.42 Å². The zero-order valence-electron chi connectivity index (χ0n) is 11.4. The molecule has 0 saturated heterocycles. The van der Waals surface area contributed by atoms with E-state index in [9.17, 15) is 9.18 Å². The summed E-state index contributed by atoms with van der Waals surface area (Å²) in [5.74, 6) is -1.17. The summed E-state index contributed by atoms with van der Waals surface area (Å²) >= 11 is 3.25. The number of hydrogen-bond acceptors (Lipinski definition) is 3. The Bertz CT molecular complexity index is 656. The van der Waals surface area contributed by atoms with Crippen molar-refractivity contribution in [3.63, 3.8) is 0 Å². The van der Waals surface area contributed by atoms with Crippen molar-refractivity contribution in [1.82, 2.24) is 4.98 Å². The monoisotopic (exact) mass is 352 g/mol. The Kier molecular flexibility index (Phi) is 4.90. The van der Waals surface area contributed by atoms with Gasteiger partial charge in [-0.2, -0.15) is 0 Å². The molecular weight excluding hydrogens is 339 g/mol. The van der Waals surface area contributed by atoms with E-state index in [4.69, 9.17) is 5.11 Å². The lowest BCUT2D eigenvalue weighted by Crippen LogP contribution is -2.05. The Morgan fingerprint density at radius 3 is 2.81 bits per heavy atom. The van der Waals surface area contributed by atoms with Crippen molar-refractivity contribution in [2.75, 3.05) is 5.32 Å². The lowest BCUT2D eigenvalue weighted by molar-refractivity contribution is 0.0696. The number of aromatic carboxylic acids is 1. The van der Waals surface area contributed by atoms with E-state index in [1.165, 1.54) is 18.2 Å². The number of rotatable bonds is 5. The van der Waals surface area contributed by atoms with Crippen LogP contribution in [0.5, 0.6) is 0 Å². The molecule has 6 heteroatoms. The van der Waals surface area contributed by atoms with Gasteiger partial charge < -0.3 is 10.4 Å². The Morgan fingerprint density at radius 1 is 1.43 bits per heavy atom. The average molecular weight is 353 g/mol. The predicted octanol–water partition coefficient (Wildman–Crippen LogP) is 4.38. The van der Waals surface area contributed by atoms with Crippen molar-refractivity contribution in [3.05, 3.63) is 51.9 Å². The number of hydrogen-bond donors (Lipinski definition) is 2. The minimum atomic E-state index is -1.04. The summed E-state index contributed by atoms with van der Waals surface area (Å²) in [7, 11) is 0. The zero-order valence-corrected chi connectivity index (χ0v) is 12.9. The number of halogens is 2. The highest BCUT2D eigenvalue weighted by Gasteiger charge is 2.11. The Labute approximate surface area is 130 Å². The molecule has 1 aromatic carbocycles. The smallest absolute Gasteiger partial charge is 0.335 e. The molecule has 0 spiro atoms. The van der Waals surface area contributed by atoms with Gasteiger partial charge in [0.1, 0.15) is 11.6 Å². The van der Waals surface area contributed by atoms with Crippen molar-refractivity contribution in [2.45, 2.75) is 19.8 Å². The maximum absolute atomic E-state index is 13.8. The van der Waals surface area contributed by atoms with Gasteiger partial charge in [0.25, 0.3) is 0 Å². The summed E-state index contributed by atoms with van der Waals surface area (Å²) in [5, 5.41) is 12.0. The molecule has 2 rings (SSSR count). The number of pyridine rings is 1. The molecule has 0 aliphatic rings. The summed E-state index contributed by atoms with van der Waals surface area (Å²) < 4.78 is 14.4. The maximum Gasteiger partial charge on any atom is 0.335 e. The number of benzene rings is 1. The van der Waals surface area contributed by atoms with E-state index < -0.39 is 11.8 Å². The molecule has 0 amide bonds. The number of aromatic nitrogens is 1. The SMILES string of the molecule is CCCc1cc(C(=O)O)cc(Nc2c(F)cccc2Br)n1. The van der Waals surface area contributed by atoms with Gasteiger partial charge in [-0.15, -0.1) is 0 Å². The van der Waals surface area contributed by atoms with Gasteiger partial charge in [0, 0.05) is 10.2 Å². The van der Waals surface area contributed by atoms with E-state index in [-0.39, 0.29) is 11.3 Å². The highest BCUT2D eigenvalue weighted by atomic mass is 79.9. The van der Waals surface area contributed by atoms with Gasteiger partial charge in [-0.25, -0.2) is 14.2 Å². The van der Waals surface area contributed by atoms with Crippen LogP contribution in [0.4, 0.5) is 15.9 Å². The molecule has 0 radical (unpaired) electrons. The fourth-order valence-corrected chi connectivity index (χ4v) is 2.35. The minimum absolute atomic E-state index is 0.128. The third-order valence-corrected chi connectivity index (χ3v) is 3.51. The average Bonchev–Trinajstić information content (AvgIpc) is 2.43. The van der Waals surface area contributed by atoms with Crippen LogP contribution >= 0.6 is 15.9 Å². The van der Waals surface area contributed by atoms with Crippen molar-refractivity contribution < 1.29 is 14.3 Å². The quantitative estimate of drug-likeness (QED) is 0.838. The first kappa shape index (κ1) is 15.4. The van der Waals surface area contributed by atoms with E-state index >= 15 is 0 Å². The number of carboxylic acid groups (broad SMARTS) is 1. The van der Waals surface area contributed by atoms with Gasteiger partial charge in [-0.1, -0.05) is 19.4 Å². The third-order valence-electron chi connectivity index (χ3n) is 2.85. The van der Waals surface area contributed by atoms with Crippen molar-refractivity contribution >= 4 is 33.4 Å². The maximum atomic E-state index is 13.8. The van der Waals surface area contributed by atoms with Crippen LogP contribution in [-0.4, -0.2) is 16.1 Å². The molecule has 1 aromatic heterocycles. The summed E-state index contributed by atoms with van der Waals surface area (Å²) in [6.45, 7) is 1.98. The van der Waals surface area contributed by atoms with Gasteiger partial charge in [0.2, 0.25) is 0 Å². The van der Waals surface area contributed by atoms with Crippen LogP contribution in [0.25, 0.3) is 0 Å². The standard InChI is InChI=1S/C15H14BrFN2O2/c1-2-4-10-7-9(15(20)21)8-13(18-10)19-14-11(16)5-3-6-12(14)17/h3,5-8H,2,4H2,1H3,(H,18,19)(H,20,21). The molecule has 110 valence electrons. The van der Waals surface area contributed by atoms with E-state index in [1.54, 1.807) is 12.1 Å². The lowest BCUT2D eigenvalue weighted by atomic mass is 10.1. The first-order chi connectivity index (χ1) is 10.0. The van der Waals surface area contributed by atoms with Gasteiger partial charge >= 0.3 is 5.97 Å². The number of para-hydroxylation sites is 1. The molecule has 0 saturated carbocycles. The van der Waals surface area contributed by atoms with Crippen LogP contribution in [-0.2, 0) is 6.42 Å². The Balaban J connectivity index is 2.41.